The molecule has 6 heteroatoms. The van der Waals surface area contributed by atoms with Crippen LogP contribution in [-0.4, -0.2) is 20.5 Å². The standard InChI is InChI=1S/C11H14BrFN2OS/c1-11(2,3)17(16)15-5-4-8-6-9(12)7-14-10(8)13/h5-7H,4H2,1-3H3. The summed E-state index contributed by atoms with van der Waals surface area (Å²) in [4.78, 5) is 3.57. The molecule has 0 N–H and O–H groups in total. The number of rotatable bonds is 3. The first-order chi connectivity index (χ1) is 7.80. The Morgan fingerprint density at radius 3 is 2.82 bits per heavy atom. The molecule has 0 bridgehead atoms. The lowest BCUT2D eigenvalue weighted by Crippen LogP contribution is -2.25. The van der Waals surface area contributed by atoms with E-state index in [4.69, 9.17) is 0 Å². The molecule has 0 saturated heterocycles. The molecule has 1 heterocycles. The van der Waals surface area contributed by atoms with Gasteiger partial charge < -0.3 is 4.55 Å². The van der Waals surface area contributed by atoms with Crippen LogP contribution >= 0.6 is 15.9 Å². The predicted molar refractivity (Wildman–Crippen MR) is 72.0 cm³/mol. The molecule has 0 aromatic carbocycles. The van der Waals surface area contributed by atoms with Gasteiger partial charge in [-0.3, -0.25) is 0 Å². The average molecular weight is 321 g/mol. The lowest BCUT2D eigenvalue weighted by molar-refractivity contribution is 0.561. The zero-order valence-electron chi connectivity index (χ0n) is 9.91. The van der Waals surface area contributed by atoms with Crippen molar-refractivity contribution in [3.05, 3.63) is 28.2 Å². The van der Waals surface area contributed by atoms with Crippen molar-refractivity contribution in [2.75, 3.05) is 0 Å². The van der Waals surface area contributed by atoms with Crippen molar-refractivity contribution in [2.45, 2.75) is 31.9 Å². The lowest BCUT2D eigenvalue weighted by atomic mass is 10.2. The molecule has 0 spiro atoms. The molecular formula is C11H14BrFN2OS. The molecule has 1 aromatic rings. The van der Waals surface area contributed by atoms with Gasteiger partial charge in [-0.25, -0.2) is 4.98 Å². The van der Waals surface area contributed by atoms with Crippen LogP contribution in [0.4, 0.5) is 4.39 Å². The van der Waals surface area contributed by atoms with Crippen molar-refractivity contribution in [2.24, 2.45) is 4.40 Å². The number of halogens is 2. The number of hydrogen-bond acceptors (Lipinski definition) is 3. The minimum absolute atomic E-state index is 0.278. The van der Waals surface area contributed by atoms with E-state index in [1.807, 2.05) is 20.8 Å². The highest BCUT2D eigenvalue weighted by molar-refractivity contribution is 9.10. The summed E-state index contributed by atoms with van der Waals surface area (Å²) in [5.74, 6) is -0.527. The van der Waals surface area contributed by atoms with Gasteiger partial charge in [0.2, 0.25) is 5.95 Å². The first-order valence-corrected chi connectivity index (χ1v) is 6.95. The summed E-state index contributed by atoms with van der Waals surface area (Å²) < 4.78 is 29.1. The zero-order chi connectivity index (χ0) is 13.1. The van der Waals surface area contributed by atoms with Crippen molar-refractivity contribution in [1.29, 1.82) is 0 Å². The third kappa shape index (κ3) is 4.73. The zero-order valence-corrected chi connectivity index (χ0v) is 12.3. The molecule has 0 aliphatic heterocycles. The molecule has 94 valence electrons. The molecule has 0 aliphatic rings. The van der Waals surface area contributed by atoms with Crippen LogP contribution in [0.1, 0.15) is 26.3 Å². The van der Waals surface area contributed by atoms with Crippen molar-refractivity contribution >= 4 is 33.5 Å². The fraction of sp³-hybridized carbons (Fsp3) is 0.455. The van der Waals surface area contributed by atoms with Gasteiger partial charge in [0.1, 0.15) is 16.1 Å². The lowest BCUT2D eigenvalue weighted by Gasteiger charge is -2.17. The topological polar surface area (TPSA) is 48.3 Å². The third-order valence-electron chi connectivity index (χ3n) is 1.88. The maximum Gasteiger partial charge on any atom is 0.216 e. The van der Waals surface area contributed by atoms with Gasteiger partial charge in [-0.2, -0.15) is 4.39 Å². The Morgan fingerprint density at radius 1 is 1.59 bits per heavy atom. The van der Waals surface area contributed by atoms with Crippen molar-refractivity contribution in [3.8, 4) is 0 Å². The fourth-order valence-electron chi connectivity index (χ4n) is 0.969. The van der Waals surface area contributed by atoms with Crippen LogP contribution in [0.15, 0.2) is 21.1 Å². The summed E-state index contributed by atoms with van der Waals surface area (Å²) in [5.41, 5.74) is 0.425. The molecule has 17 heavy (non-hydrogen) atoms. The Morgan fingerprint density at radius 2 is 2.24 bits per heavy atom. The van der Waals surface area contributed by atoms with Gasteiger partial charge in [0.25, 0.3) is 0 Å². The second-order valence-corrected chi connectivity index (χ2v) is 7.31. The second-order valence-electron chi connectivity index (χ2n) is 4.46. The molecule has 1 rings (SSSR count). The largest absolute Gasteiger partial charge is 0.591 e. The normalized spacial score (nSPS) is 14.2. The van der Waals surface area contributed by atoms with Crippen molar-refractivity contribution in [3.63, 3.8) is 0 Å². The Balaban J connectivity index is 2.67. The van der Waals surface area contributed by atoms with Gasteiger partial charge in [-0.1, -0.05) is 4.40 Å². The molecule has 1 unspecified atom stereocenters. The highest BCUT2D eigenvalue weighted by Crippen LogP contribution is 2.17. The fourth-order valence-corrected chi connectivity index (χ4v) is 1.87. The van der Waals surface area contributed by atoms with Gasteiger partial charge in [-0.05, 0) is 42.8 Å². The quantitative estimate of drug-likeness (QED) is 0.488. The van der Waals surface area contributed by atoms with E-state index in [0.29, 0.717) is 10.0 Å². The molecule has 3 nitrogen and oxygen atoms in total. The summed E-state index contributed by atoms with van der Waals surface area (Å²) in [6.07, 6.45) is 3.14. The maximum atomic E-state index is 13.3. The predicted octanol–water partition coefficient (Wildman–Crippen LogP) is 3.06. The number of hydrogen-bond donors (Lipinski definition) is 0. The van der Waals surface area contributed by atoms with E-state index >= 15 is 0 Å². The molecule has 0 saturated carbocycles. The molecule has 0 radical (unpaired) electrons. The SMILES string of the molecule is CC(C)(C)[S+]([O-])N=CCc1cc(Br)cnc1F. The van der Waals surface area contributed by atoms with E-state index in [0.717, 1.165) is 0 Å². The molecule has 0 fully saturated rings. The van der Waals surface area contributed by atoms with E-state index in [1.54, 1.807) is 6.07 Å². The summed E-state index contributed by atoms with van der Waals surface area (Å²) >= 11 is 1.91. The van der Waals surface area contributed by atoms with Crippen LogP contribution in [0, 0.1) is 5.95 Å². The Bertz CT molecular complexity index is 420. The third-order valence-corrected chi connectivity index (χ3v) is 3.71. The van der Waals surface area contributed by atoms with E-state index in [-0.39, 0.29) is 6.42 Å². The first-order valence-electron chi connectivity index (χ1n) is 5.05. The molecule has 0 aliphatic carbocycles. The summed E-state index contributed by atoms with van der Waals surface area (Å²) in [6.45, 7) is 5.51. The first kappa shape index (κ1) is 14.6. The van der Waals surface area contributed by atoms with E-state index in [2.05, 4.69) is 25.3 Å². The van der Waals surface area contributed by atoms with Gasteiger partial charge in [0.15, 0.2) is 0 Å². The average Bonchev–Trinajstić information content (AvgIpc) is 2.21. The van der Waals surface area contributed by atoms with Crippen molar-refractivity contribution < 1.29 is 8.94 Å². The van der Waals surface area contributed by atoms with Crippen LogP contribution in [0.5, 0.6) is 0 Å². The van der Waals surface area contributed by atoms with Crippen LogP contribution in [-0.2, 0) is 17.8 Å². The minimum atomic E-state index is -1.31. The van der Waals surface area contributed by atoms with Crippen molar-refractivity contribution in [1.82, 2.24) is 4.98 Å². The smallest absolute Gasteiger partial charge is 0.216 e. The Kier molecular flexibility index (Phi) is 5.09. The number of aromatic nitrogens is 1. The molecule has 1 aromatic heterocycles. The van der Waals surface area contributed by atoms with E-state index in [1.165, 1.54) is 12.4 Å². The Labute approximate surface area is 112 Å². The van der Waals surface area contributed by atoms with Gasteiger partial charge >= 0.3 is 0 Å². The Hall–Kier alpha value is -0.460. The summed E-state index contributed by atoms with van der Waals surface area (Å²) in [6, 6.07) is 1.63. The van der Waals surface area contributed by atoms with Gasteiger partial charge in [-0.15, -0.1) is 0 Å². The van der Waals surface area contributed by atoms with Gasteiger partial charge in [0, 0.05) is 22.7 Å². The van der Waals surface area contributed by atoms with Crippen LogP contribution in [0.25, 0.3) is 0 Å². The highest BCUT2D eigenvalue weighted by Gasteiger charge is 2.25. The molecular weight excluding hydrogens is 307 g/mol. The highest BCUT2D eigenvalue weighted by atomic mass is 79.9. The molecule has 0 amide bonds. The van der Waals surface area contributed by atoms with E-state index < -0.39 is 22.1 Å². The second kappa shape index (κ2) is 5.93. The summed E-state index contributed by atoms with van der Waals surface area (Å²) in [7, 11) is 0. The molecule has 1 atom stereocenters. The van der Waals surface area contributed by atoms with E-state index in [9.17, 15) is 8.94 Å². The van der Waals surface area contributed by atoms with Crippen LogP contribution in [0.3, 0.4) is 0 Å². The number of pyridine rings is 1. The maximum absolute atomic E-state index is 13.3. The van der Waals surface area contributed by atoms with Gasteiger partial charge in [0.05, 0.1) is 6.21 Å². The minimum Gasteiger partial charge on any atom is -0.591 e. The van der Waals surface area contributed by atoms with Crippen LogP contribution < -0.4 is 0 Å². The number of nitrogens with zero attached hydrogens (tertiary/aromatic N) is 2. The van der Waals surface area contributed by atoms with Crippen LogP contribution in [0.2, 0.25) is 0 Å². The summed E-state index contributed by atoms with van der Waals surface area (Å²) in [5, 5.41) is 0. The monoisotopic (exact) mass is 320 g/mol.